The Hall–Kier alpha value is -2.81. The Balaban J connectivity index is 1.90. The van der Waals surface area contributed by atoms with Crippen LogP contribution in [0.25, 0.3) is 16.7 Å². The molecule has 3 heterocycles. The smallest absolute Gasteiger partial charge is 0.222 e. The second kappa shape index (κ2) is 5.68. The van der Waals surface area contributed by atoms with Gasteiger partial charge in [-0.1, -0.05) is 0 Å². The SMILES string of the molecule is Cc1cc2c(cc1NC=O)nc(N1CCN(C)CC1)c1nnnn12. The van der Waals surface area contributed by atoms with Crippen molar-refractivity contribution in [2.75, 3.05) is 43.4 Å². The van der Waals surface area contributed by atoms with Crippen molar-refractivity contribution in [1.29, 1.82) is 0 Å². The molecule has 24 heavy (non-hydrogen) atoms. The molecular weight excluding hydrogens is 308 g/mol. The van der Waals surface area contributed by atoms with Gasteiger partial charge < -0.3 is 15.1 Å². The molecule has 0 saturated carbocycles. The normalized spacial score (nSPS) is 16.0. The number of amides is 1. The first-order chi connectivity index (χ1) is 11.7. The Morgan fingerprint density at radius 2 is 2.00 bits per heavy atom. The van der Waals surface area contributed by atoms with E-state index in [0.717, 1.165) is 54.3 Å². The maximum Gasteiger partial charge on any atom is 0.222 e. The zero-order valence-corrected chi connectivity index (χ0v) is 13.6. The summed E-state index contributed by atoms with van der Waals surface area (Å²) in [5, 5.41) is 14.8. The molecule has 0 aliphatic carbocycles. The van der Waals surface area contributed by atoms with Crippen LogP contribution in [0.1, 0.15) is 5.56 Å². The topological polar surface area (TPSA) is 91.5 Å². The monoisotopic (exact) mass is 326 g/mol. The average molecular weight is 326 g/mol. The lowest BCUT2D eigenvalue weighted by Crippen LogP contribution is -2.45. The first-order valence-electron chi connectivity index (χ1n) is 7.83. The lowest BCUT2D eigenvalue weighted by Gasteiger charge is -2.33. The van der Waals surface area contributed by atoms with Crippen LogP contribution in [0.3, 0.4) is 0 Å². The summed E-state index contributed by atoms with van der Waals surface area (Å²) in [4.78, 5) is 20.1. The van der Waals surface area contributed by atoms with E-state index in [0.29, 0.717) is 12.1 Å². The second-order valence-corrected chi connectivity index (χ2v) is 6.06. The molecule has 0 radical (unpaired) electrons. The molecule has 1 saturated heterocycles. The number of aryl methyl sites for hydroxylation is 1. The van der Waals surface area contributed by atoms with E-state index in [-0.39, 0.29) is 0 Å². The molecule has 1 aliphatic heterocycles. The molecule has 0 bridgehead atoms. The number of hydrogen-bond donors (Lipinski definition) is 1. The van der Waals surface area contributed by atoms with E-state index in [1.54, 1.807) is 4.52 Å². The van der Waals surface area contributed by atoms with Crippen molar-refractivity contribution in [3.05, 3.63) is 17.7 Å². The summed E-state index contributed by atoms with van der Waals surface area (Å²) in [7, 11) is 2.11. The van der Waals surface area contributed by atoms with Crippen molar-refractivity contribution in [2.24, 2.45) is 0 Å². The van der Waals surface area contributed by atoms with E-state index in [9.17, 15) is 4.79 Å². The van der Waals surface area contributed by atoms with Crippen LogP contribution in [0.4, 0.5) is 11.5 Å². The van der Waals surface area contributed by atoms with Gasteiger partial charge in [0.2, 0.25) is 12.1 Å². The number of hydrogen-bond acceptors (Lipinski definition) is 7. The first-order valence-corrected chi connectivity index (χ1v) is 7.83. The van der Waals surface area contributed by atoms with E-state index in [4.69, 9.17) is 4.98 Å². The summed E-state index contributed by atoms with van der Waals surface area (Å²) in [6.07, 6.45) is 0.672. The number of aromatic nitrogens is 5. The van der Waals surface area contributed by atoms with Crippen molar-refractivity contribution >= 4 is 34.6 Å². The molecule has 4 rings (SSSR count). The van der Waals surface area contributed by atoms with Crippen LogP contribution in [-0.4, -0.2) is 69.6 Å². The van der Waals surface area contributed by atoms with E-state index >= 15 is 0 Å². The van der Waals surface area contributed by atoms with Gasteiger partial charge in [-0.15, -0.1) is 5.10 Å². The number of carbonyl (C=O) groups excluding carboxylic acids is 1. The Bertz CT molecular complexity index is 913. The van der Waals surface area contributed by atoms with Crippen LogP contribution in [0.15, 0.2) is 12.1 Å². The Kier molecular flexibility index (Phi) is 3.49. The fourth-order valence-electron chi connectivity index (χ4n) is 3.04. The van der Waals surface area contributed by atoms with Gasteiger partial charge in [0.05, 0.1) is 11.0 Å². The van der Waals surface area contributed by atoms with E-state index < -0.39 is 0 Å². The van der Waals surface area contributed by atoms with Crippen molar-refractivity contribution < 1.29 is 4.79 Å². The molecule has 0 unspecified atom stereocenters. The summed E-state index contributed by atoms with van der Waals surface area (Å²) in [5.41, 5.74) is 3.89. The number of rotatable bonds is 3. The molecule has 1 fully saturated rings. The summed E-state index contributed by atoms with van der Waals surface area (Å²) in [5.74, 6) is 0.779. The third-order valence-corrected chi connectivity index (χ3v) is 4.46. The largest absolute Gasteiger partial charge is 0.351 e. The van der Waals surface area contributed by atoms with Gasteiger partial charge >= 0.3 is 0 Å². The summed E-state index contributed by atoms with van der Waals surface area (Å²) in [6, 6.07) is 3.80. The molecule has 9 nitrogen and oxygen atoms in total. The third-order valence-electron chi connectivity index (χ3n) is 4.46. The predicted molar refractivity (Wildman–Crippen MR) is 90.2 cm³/mol. The van der Waals surface area contributed by atoms with Gasteiger partial charge in [-0.2, -0.15) is 4.52 Å². The van der Waals surface area contributed by atoms with Crippen LogP contribution in [0.2, 0.25) is 0 Å². The standard InChI is InChI=1S/C15H18N8O/c1-10-7-13-12(8-11(10)16-9-24)17-14(15-18-19-20-23(13)15)22-5-3-21(2)4-6-22/h7-9H,3-6H2,1-2H3,(H,16,24). The number of fused-ring (bicyclic) bond motifs is 3. The number of nitrogens with zero attached hydrogens (tertiary/aromatic N) is 7. The fraction of sp³-hybridized carbons (Fsp3) is 0.400. The van der Waals surface area contributed by atoms with Gasteiger partial charge in [-0.05, 0) is 42.1 Å². The highest BCUT2D eigenvalue weighted by molar-refractivity contribution is 5.88. The number of carbonyl (C=O) groups is 1. The number of piperazine rings is 1. The molecule has 1 aromatic carbocycles. The highest BCUT2D eigenvalue weighted by Crippen LogP contribution is 2.27. The minimum atomic E-state index is 0.655. The van der Waals surface area contributed by atoms with Gasteiger partial charge in [-0.25, -0.2) is 4.98 Å². The number of benzene rings is 1. The van der Waals surface area contributed by atoms with Crippen LogP contribution in [0.5, 0.6) is 0 Å². The van der Waals surface area contributed by atoms with Crippen molar-refractivity contribution in [1.82, 2.24) is 29.9 Å². The molecule has 2 aromatic heterocycles. The Morgan fingerprint density at radius 3 is 2.75 bits per heavy atom. The Labute approximate surface area is 138 Å². The number of tetrazole rings is 1. The van der Waals surface area contributed by atoms with Gasteiger partial charge in [0.1, 0.15) is 0 Å². The number of anilines is 2. The second-order valence-electron chi connectivity index (χ2n) is 6.06. The minimum Gasteiger partial charge on any atom is -0.351 e. The molecule has 0 atom stereocenters. The molecule has 9 heteroatoms. The van der Waals surface area contributed by atoms with Crippen LogP contribution in [-0.2, 0) is 4.79 Å². The van der Waals surface area contributed by atoms with E-state index in [1.807, 2.05) is 19.1 Å². The number of likely N-dealkylation sites (N-methyl/N-ethyl adjacent to an activating group) is 1. The van der Waals surface area contributed by atoms with Gasteiger partial charge in [0.15, 0.2) is 5.82 Å². The van der Waals surface area contributed by atoms with E-state index in [2.05, 4.69) is 37.7 Å². The minimum absolute atomic E-state index is 0.655. The van der Waals surface area contributed by atoms with Gasteiger partial charge in [0, 0.05) is 31.9 Å². The molecule has 3 aromatic rings. The van der Waals surface area contributed by atoms with Gasteiger partial charge in [0.25, 0.3) is 0 Å². The van der Waals surface area contributed by atoms with Crippen molar-refractivity contribution in [3.63, 3.8) is 0 Å². The molecule has 1 aliphatic rings. The van der Waals surface area contributed by atoms with E-state index in [1.165, 1.54) is 0 Å². The molecule has 1 N–H and O–H groups in total. The lowest BCUT2D eigenvalue weighted by atomic mass is 10.1. The number of nitrogens with one attached hydrogen (secondary N) is 1. The van der Waals surface area contributed by atoms with Crippen molar-refractivity contribution in [3.8, 4) is 0 Å². The zero-order valence-electron chi connectivity index (χ0n) is 13.6. The van der Waals surface area contributed by atoms with Gasteiger partial charge in [-0.3, -0.25) is 4.79 Å². The molecule has 1 amide bonds. The molecular formula is C15H18N8O. The van der Waals surface area contributed by atoms with Crippen LogP contribution >= 0.6 is 0 Å². The quantitative estimate of drug-likeness (QED) is 0.692. The van der Waals surface area contributed by atoms with Crippen LogP contribution < -0.4 is 10.2 Å². The highest BCUT2D eigenvalue weighted by atomic mass is 16.1. The molecule has 124 valence electrons. The summed E-state index contributed by atoms with van der Waals surface area (Å²) >= 11 is 0. The van der Waals surface area contributed by atoms with Crippen LogP contribution in [0, 0.1) is 6.92 Å². The molecule has 0 spiro atoms. The van der Waals surface area contributed by atoms with Crippen molar-refractivity contribution in [2.45, 2.75) is 6.92 Å². The summed E-state index contributed by atoms with van der Waals surface area (Å²) in [6.45, 7) is 5.63. The average Bonchev–Trinajstić information content (AvgIpc) is 3.06. The third kappa shape index (κ3) is 2.33. The zero-order chi connectivity index (χ0) is 16.7. The predicted octanol–water partition coefficient (Wildman–Crippen LogP) is 0.301. The highest BCUT2D eigenvalue weighted by Gasteiger charge is 2.21. The fourth-order valence-corrected chi connectivity index (χ4v) is 3.04. The summed E-state index contributed by atoms with van der Waals surface area (Å²) < 4.78 is 1.72. The maximum absolute atomic E-state index is 10.8. The lowest BCUT2D eigenvalue weighted by molar-refractivity contribution is -0.105. The maximum atomic E-state index is 10.8. The Morgan fingerprint density at radius 1 is 1.21 bits per heavy atom. The first kappa shape index (κ1) is 14.8.